The summed E-state index contributed by atoms with van der Waals surface area (Å²) in [6, 6.07) is 12.2. The number of para-hydroxylation sites is 1. The number of nitrogens with zero attached hydrogens (tertiary/aromatic N) is 1. The van der Waals surface area contributed by atoms with Crippen LogP contribution >= 0.6 is 0 Å². The van der Waals surface area contributed by atoms with Crippen molar-refractivity contribution in [3.8, 4) is 0 Å². The lowest BCUT2D eigenvalue weighted by Gasteiger charge is -2.07. The van der Waals surface area contributed by atoms with E-state index >= 15 is 0 Å². The standard InChI is InChI=1S/C17H15N3O3/c1-10(11-6-7-14-12(8-11)9-16(21)18-14)19-20-15-5-3-2-4-13(15)17(22)23/h2-8,20H,9H2,1H3,(H,18,21)(H,22,23)/b19-10-. The fraction of sp³-hybridized carbons (Fsp3) is 0.118. The van der Waals surface area contributed by atoms with Crippen LogP contribution < -0.4 is 10.7 Å². The molecule has 1 aliphatic heterocycles. The number of hydrazone groups is 1. The molecule has 6 nitrogen and oxygen atoms in total. The normalized spacial score (nSPS) is 13.4. The van der Waals surface area contributed by atoms with E-state index in [0.29, 0.717) is 17.8 Å². The first-order valence-corrected chi connectivity index (χ1v) is 7.10. The van der Waals surface area contributed by atoms with Gasteiger partial charge in [0.1, 0.15) is 0 Å². The van der Waals surface area contributed by atoms with Crippen LogP contribution in [0.4, 0.5) is 11.4 Å². The summed E-state index contributed by atoms with van der Waals surface area (Å²) in [7, 11) is 0. The number of carbonyl (C=O) groups is 2. The molecular weight excluding hydrogens is 294 g/mol. The number of amides is 1. The highest BCUT2D eigenvalue weighted by Gasteiger charge is 2.17. The van der Waals surface area contributed by atoms with Crippen molar-refractivity contribution in [1.82, 2.24) is 0 Å². The fourth-order valence-corrected chi connectivity index (χ4v) is 2.43. The molecule has 2 aromatic rings. The van der Waals surface area contributed by atoms with E-state index in [1.807, 2.05) is 25.1 Å². The first kappa shape index (κ1) is 14.8. The summed E-state index contributed by atoms with van der Waals surface area (Å²) < 4.78 is 0. The Labute approximate surface area is 132 Å². The highest BCUT2D eigenvalue weighted by Crippen LogP contribution is 2.24. The predicted molar refractivity (Wildman–Crippen MR) is 88.0 cm³/mol. The molecule has 2 aromatic carbocycles. The molecule has 116 valence electrons. The lowest BCUT2D eigenvalue weighted by molar-refractivity contribution is -0.115. The molecule has 3 rings (SSSR count). The number of hydrogen-bond donors (Lipinski definition) is 3. The Bertz CT molecular complexity index is 828. The summed E-state index contributed by atoms with van der Waals surface area (Å²) in [5, 5.41) is 16.2. The maximum Gasteiger partial charge on any atom is 0.337 e. The molecular formula is C17H15N3O3. The zero-order valence-electron chi connectivity index (χ0n) is 12.5. The van der Waals surface area contributed by atoms with Gasteiger partial charge in [-0.2, -0.15) is 5.10 Å². The molecule has 0 aliphatic carbocycles. The average molecular weight is 309 g/mol. The van der Waals surface area contributed by atoms with Crippen molar-refractivity contribution in [2.24, 2.45) is 5.10 Å². The molecule has 1 amide bonds. The molecule has 0 bridgehead atoms. The molecule has 0 saturated carbocycles. The summed E-state index contributed by atoms with van der Waals surface area (Å²) in [5.41, 5.74) is 6.73. The van der Waals surface area contributed by atoms with E-state index in [0.717, 1.165) is 16.8 Å². The van der Waals surface area contributed by atoms with Gasteiger partial charge in [-0.25, -0.2) is 4.79 Å². The molecule has 0 aromatic heterocycles. The summed E-state index contributed by atoms with van der Waals surface area (Å²) in [5.74, 6) is -1.02. The van der Waals surface area contributed by atoms with E-state index in [4.69, 9.17) is 5.11 Å². The number of fused-ring (bicyclic) bond motifs is 1. The molecule has 1 aliphatic rings. The third-order valence-corrected chi connectivity index (χ3v) is 3.65. The van der Waals surface area contributed by atoms with Crippen LogP contribution in [0.2, 0.25) is 0 Å². The molecule has 0 saturated heterocycles. The lowest BCUT2D eigenvalue weighted by atomic mass is 10.1. The van der Waals surface area contributed by atoms with Crippen molar-refractivity contribution in [3.63, 3.8) is 0 Å². The van der Waals surface area contributed by atoms with Gasteiger partial charge in [0, 0.05) is 5.69 Å². The number of carbonyl (C=O) groups excluding carboxylic acids is 1. The van der Waals surface area contributed by atoms with Gasteiger partial charge in [0.2, 0.25) is 5.91 Å². The molecule has 0 fully saturated rings. The number of anilines is 2. The number of carboxylic acid groups (broad SMARTS) is 1. The van der Waals surface area contributed by atoms with Gasteiger partial charge in [0.05, 0.1) is 23.4 Å². The maximum absolute atomic E-state index is 11.4. The highest BCUT2D eigenvalue weighted by atomic mass is 16.4. The van der Waals surface area contributed by atoms with Gasteiger partial charge in [-0.1, -0.05) is 18.2 Å². The molecule has 0 atom stereocenters. The molecule has 0 unspecified atom stereocenters. The number of aromatic carboxylic acids is 1. The van der Waals surface area contributed by atoms with Crippen LogP contribution in [0.1, 0.15) is 28.4 Å². The molecule has 0 spiro atoms. The third-order valence-electron chi connectivity index (χ3n) is 3.65. The van der Waals surface area contributed by atoms with Crippen LogP contribution in [0.5, 0.6) is 0 Å². The van der Waals surface area contributed by atoms with Gasteiger partial charge in [-0.15, -0.1) is 0 Å². The molecule has 0 radical (unpaired) electrons. The van der Waals surface area contributed by atoms with Crippen molar-refractivity contribution >= 4 is 29.0 Å². The molecule has 3 N–H and O–H groups in total. The summed E-state index contributed by atoms with van der Waals surface area (Å²) in [6.07, 6.45) is 0.367. The SMILES string of the molecule is C/C(=N/Nc1ccccc1C(=O)O)c1ccc2c(c1)CC(=O)N2. The number of benzene rings is 2. The van der Waals surface area contributed by atoms with E-state index < -0.39 is 5.97 Å². The van der Waals surface area contributed by atoms with E-state index in [2.05, 4.69) is 15.8 Å². The Morgan fingerprint density at radius 3 is 2.83 bits per heavy atom. The Balaban J connectivity index is 1.83. The second kappa shape index (κ2) is 5.92. The highest BCUT2D eigenvalue weighted by molar-refractivity contribution is 6.03. The summed E-state index contributed by atoms with van der Waals surface area (Å²) >= 11 is 0. The van der Waals surface area contributed by atoms with Gasteiger partial charge < -0.3 is 10.4 Å². The minimum absolute atomic E-state index is 0.0137. The Morgan fingerprint density at radius 2 is 2.04 bits per heavy atom. The second-order valence-electron chi connectivity index (χ2n) is 5.26. The quantitative estimate of drug-likeness (QED) is 0.598. The van der Waals surface area contributed by atoms with E-state index in [-0.39, 0.29) is 11.5 Å². The van der Waals surface area contributed by atoms with E-state index in [9.17, 15) is 9.59 Å². The predicted octanol–water partition coefficient (Wildman–Crippen LogP) is 2.72. The van der Waals surface area contributed by atoms with Crippen LogP contribution in [-0.4, -0.2) is 22.7 Å². The van der Waals surface area contributed by atoms with Crippen molar-refractivity contribution in [3.05, 3.63) is 59.2 Å². The number of nitrogens with one attached hydrogen (secondary N) is 2. The Hall–Kier alpha value is -3.15. The maximum atomic E-state index is 11.4. The van der Waals surface area contributed by atoms with Gasteiger partial charge >= 0.3 is 5.97 Å². The van der Waals surface area contributed by atoms with Crippen LogP contribution in [0, 0.1) is 0 Å². The van der Waals surface area contributed by atoms with Crippen LogP contribution in [0.3, 0.4) is 0 Å². The third kappa shape index (κ3) is 3.06. The number of hydrogen-bond acceptors (Lipinski definition) is 4. The minimum Gasteiger partial charge on any atom is -0.478 e. The molecule has 1 heterocycles. The van der Waals surface area contributed by atoms with Crippen LogP contribution in [0.15, 0.2) is 47.6 Å². The molecule has 6 heteroatoms. The van der Waals surface area contributed by atoms with Gasteiger partial charge in [0.15, 0.2) is 0 Å². The topological polar surface area (TPSA) is 90.8 Å². The fourth-order valence-electron chi connectivity index (χ4n) is 2.43. The van der Waals surface area contributed by atoms with Gasteiger partial charge in [0.25, 0.3) is 0 Å². The van der Waals surface area contributed by atoms with E-state index in [1.54, 1.807) is 18.2 Å². The Morgan fingerprint density at radius 1 is 1.26 bits per heavy atom. The zero-order chi connectivity index (χ0) is 16.4. The summed E-state index contributed by atoms with van der Waals surface area (Å²) in [6.45, 7) is 1.82. The minimum atomic E-state index is -1.01. The molecule has 23 heavy (non-hydrogen) atoms. The number of carboxylic acids is 1. The second-order valence-corrected chi connectivity index (χ2v) is 5.26. The summed E-state index contributed by atoms with van der Waals surface area (Å²) in [4.78, 5) is 22.6. The van der Waals surface area contributed by atoms with E-state index in [1.165, 1.54) is 6.07 Å². The Kier molecular flexibility index (Phi) is 3.80. The van der Waals surface area contributed by atoms with Crippen LogP contribution in [0.25, 0.3) is 0 Å². The largest absolute Gasteiger partial charge is 0.478 e. The van der Waals surface area contributed by atoms with Gasteiger partial charge in [-0.05, 0) is 42.3 Å². The first-order chi connectivity index (χ1) is 11.0. The van der Waals surface area contributed by atoms with Crippen LogP contribution in [-0.2, 0) is 11.2 Å². The smallest absolute Gasteiger partial charge is 0.337 e. The van der Waals surface area contributed by atoms with Crippen molar-refractivity contribution < 1.29 is 14.7 Å². The van der Waals surface area contributed by atoms with Crippen molar-refractivity contribution in [2.75, 3.05) is 10.7 Å². The zero-order valence-corrected chi connectivity index (χ0v) is 12.5. The number of rotatable bonds is 4. The van der Waals surface area contributed by atoms with Crippen molar-refractivity contribution in [1.29, 1.82) is 0 Å². The first-order valence-electron chi connectivity index (χ1n) is 7.10. The average Bonchev–Trinajstić information content (AvgIpc) is 2.91. The van der Waals surface area contributed by atoms with Gasteiger partial charge in [-0.3, -0.25) is 10.2 Å². The monoisotopic (exact) mass is 309 g/mol. The van der Waals surface area contributed by atoms with Crippen molar-refractivity contribution in [2.45, 2.75) is 13.3 Å². The lowest BCUT2D eigenvalue weighted by Crippen LogP contribution is -2.05.